The van der Waals surface area contributed by atoms with E-state index in [1.54, 1.807) is 0 Å². The summed E-state index contributed by atoms with van der Waals surface area (Å²) in [6.07, 6.45) is 1.96. The third-order valence-corrected chi connectivity index (χ3v) is 5.83. The van der Waals surface area contributed by atoms with Crippen LogP contribution in [0.1, 0.15) is 36.5 Å². The van der Waals surface area contributed by atoms with Crippen molar-refractivity contribution in [2.75, 3.05) is 0 Å². The molecule has 148 valence electrons. The van der Waals surface area contributed by atoms with E-state index in [4.69, 9.17) is 14.4 Å². The number of para-hydroxylation sites is 1. The summed E-state index contributed by atoms with van der Waals surface area (Å²) in [5.41, 5.74) is 9.19. The number of aromatic nitrogens is 2. The topological polar surface area (TPSA) is 38.9 Å². The fourth-order valence-electron chi connectivity index (χ4n) is 4.14. The highest BCUT2D eigenvalue weighted by atomic mass is 16.3. The number of fused-ring (bicyclic) bond motifs is 3. The van der Waals surface area contributed by atoms with Gasteiger partial charge in [-0.05, 0) is 60.7 Å². The predicted molar refractivity (Wildman–Crippen MR) is 124 cm³/mol. The van der Waals surface area contributed by atoms with Gasteiger partial charge in [-0.3, -0.25) is 4.98 Å². The van der Waals surface area contributed by atoms with E-state index < -0.39 is 0 Å². The van der Waals surface area contributed by atoms with Crippen molar-refractivity contribution in [3.8, 4) is 22.5 Å². The molecule has 0 amide bonds. The first kappa shape index (κ1) is 18.6. The summed E-state index contributed by atoms with van der Waals surface area (Å²) in [4.78, 5) is 9.59. The van der Waals surface area contributed by atoms with E-state index in [9.17, 15) is 0 Å². The Kier molecular flexibility index (Phi) is 4.39. The fourth-order valence-corrected chi connectivity index (χ4v) is 4.14. The van der Waals surface area contributed by atoms with Crippen LogP contribution < -0.4 is 0 Å². The number of benzene rings is 2. The molecule has 3 heteroatoms. The minimum absolute atomic E-state index is 0.459. The lowest BCUT2D eigenvalue weighted by molar-refractivity contribution is 0.655. The third kappa shape index (κ3) is 2.98. The summed E-state index contributed by atoms with van der Waals surface area (Å²) in [7, 11) is 0. The van der Waals surface area contributed by atoms with E-state index in [1.165, 1.54) is 22.3 Å². The number of pyridine rings is 2. The summed E-state index contributed by atoms with van der Waals surface area (Å²) in [6, 6.07) is 21.0. The zero-order valence-electron chi connectivity index (χ0n) is 17.7. The molecule has 5 rings (SSSR count). The molecule has 0 radical (unpaired) electrons. The van der Waals surface area contributed by atoms with Crippen LogP contribution in [-0.4, -0.2) is 9.97 Å². The van der Waals surface area contributed by atoms with Gasteiger partial charge in [0.25, 0.3) is 0 Å². The lowest BCUT2D eigenvalue weighted by Gasteiger charge is -2.08. The van der Waals surface area contributed by atoms with Crippen LogP contribution in [0, 0.1) is 13.8 Å². The van der Waals surface area contributed by atoms with Gasteiger partial charge in [0.15, 0.2) is 0 Å². The van der Waals surface area contributed by atoms with E-state index in [2.05, 4.69) is 88.4 Å². The van der Waals surface area contributed by atoms with Gasteiger partial charge < -0.3 is 4.42 Å². The molecule has 0 saturated carbocycles. The average molecular weight is 393 g/mol. The van der Waals surface area contributed by atoms with Gasteiger partial charge in [-0.1, -0.05) is 50.2 Å². The first-order chi connectivity index (χ1) is 14.5. The van der Waals surface area contributed by atoms with Crippen LogP contribution >= 0.6 is 0 Å². The third-order valence-electron chi connectivity index (χ3n) is 5.83. The predicted octanol–water partition coefficient (Wildman–Crippen LogP) is 7.45. The van der Waals surface area contributed by atoms with Gasteiger partial charge in [-0.25, -0.2) is 4.98 Å². The molecule has 0 unspecified atom stereocenters. The Bertz CT molecular complexity index is 1360. The maximum absolute atomic E-state index is 6.31. The summed E-state index contributed by atoms with van der Waals surface area (Å²) in [5.74, 6) is 0.459. The number of rotatable bonds is 3. The summed E-state index contributed by atoms with van der Waals surface area (Å²) in [5, 5.41) is 2.10. The van der Waals surface area contributed by atoms with Crippen LogP contribution in [0.2, 0.25) is 0 Å². The Labute approximate surface area is 176 Å². The molecule has 0 atom stereocenters. The Hall–Kier alpha value is -3.46. The van der Waals surface area contributed by atoms with Crippen molar-refractivity contribution in [2.24, 2.45) is 0 Å². The first-order valence-corrected chi connectivity index (χ1v) is 10.4. The molecule has 30 heavy (non-hydrogen) atoms. The fraction of sp³-hybridized carbons (Fsp3) is 0.185. The Morgan fingerprint density at radius 2 is 1.50 bits per heavy atom. The van der Waals surface area contributed by atoms with Crippen molar-refractivity contribution in [3.63, 3.8) is 0 Å². The molecule has 0 aliphatic rings. The lowest BCUT2D eigenvalue weighted by Crippen LogP contribution is -1.90. The van der Waals surface area contributed by atoms with Crippen molar-refractivity contribution < 1.29 is 4.42 Å². The van der Waals surface area contributed by atoms with Crippen molar-refractivity contribution in [3.05, 3.63) is 83.6 Å². The molecule has 0 saturated heterocycles. The van der Waals surface area contributed by atoms with Gasteiger partial charge in [-0.2, -0.15) is 0 Å². The van der Waals surface area contributed by atoms with Crippen LogP contribution in [-0.2, 0) is 0 Å². The number of hydrogen-bond donors (Lipinski definition) is 0. The normalized spacial score (nSPS) is 11.6. The zero-order chi connectivity index (χ0) is 20.8. The molecule has 0 N–H and O–H groups in total. The second-order valence-corrected chi connectivity index (χ2v) is 8.23. The van der Waals surface area contributed by atoms with E-state index in [1.807, 2.05) is 6.20 Å². The van der Waals surface area contributed by atoms with E-state index in [0.717, 1.165) is 33.3 Å². The smallest absolute Gasteiger partial charge is 0.227 e. The van der Waals surface area contributed by atoms with Crippen LogP contribution in [0.4, 0.5) is 0 Å². The van der Waals surface area contributed by atoms with Crippen molar-refractivity contribution in [1.29, 1.82) is 0 Å². The number of nitrogens with zero attached hydrogens (tertiary/aromatic N) is 2. The monoisotopic (exact) mass is 392 g/mol. The minimum atomic E-state index is 0.459. The van der Waals surface area contributed by atoms with E-state index in [-0.39, 0.29) is 0 Å². The molecule has 0 aliphatic carbocycles. The second-order valence-electron chi connectivity index (χ2n) is 8.23. The maximum atomic E-state index is 6.31. The standard InChI is InChI=1S/C27H24N2O/c1-16(2)19-11-13-23(28-15-19)22-10-6-9-20-21-12-14-24(29-27(21)30-26(20)22)25-17(3)7-5-8-18(25)4/h5-16H,1-4H3. The molecule has 0 aliphatic heterocycles. The second kappa shape index (κ2) is 7.10. The van der Waals surface area contributed by atoms with Gasteiger partial charge in [0.2, 0.25) is 5.71 Å². The number of aryl methyl sites for hydroxylation is 2. The largest absolute Gasteiger partial charge is 0.437 e. The molecule has 0 bridgehead atoms. The van der Waals surface area contributed by atoms with Crippen molar-refractivity contribution in [2.45, 2.75) is 33.6 Å². The average Bonchev–Trinajstić information content (AvgIpc) is 3.11. The van der Waals surface area contributed by atoms with E-state index in [0.29, 0.717) is 11.6 Å². The van der Waals surface area contributed by atoms with Crippen LogP contribution in [0.5, 0.6) is 0 Å². The first-order valence-electron chi connectivity index (χ1n) is 10.4. The molecule has 3 nitrogen and oxygen atoms in total. The van der Waals surface area contributed by atoms with Gasteiger partial charge in [-0.15, -0.1) is 0 Å². The highest BCUT2D eigenvalue weighted by molar-refractivity contribution is 6.08. The summed E-state index contributed by atoms with van der Waals surface area (Å²) in [6.45, 7) is 8.60. The summed E-state index contributed by atoms with van der Waals surface area (Å²) >= 11 is 0. The molecule has 3 heterocycles. The number of hydrogen-bond acceptors (Lipinski definition) is 3. The Morgan fingerprint density at radius 3 is 2.20 bits per heavy atom. The zero-order valence-corrected chi connectivity index (χ0v) is 17.7. The lowest BCUT2D eigenvalue weighted by atomic mass is 9.99. The van der Waals surface area contributed by atoms with Gasteiger partial charge >= 0.3 is 0 Å². The molecule has 3 aromatic heterocycles. The van der Waals surface area contributed by atoms with Crippen LogP contribution in [0.15, 0.2) is 71.3 Å². The van der Waals surface area contributed by atoms with Crippen LogP contribution in [0.25, 0.3) is 44.6 Å². The molecule has 5 aromatic rings. The molecular weight excluding hydrogens is 368 g/mol. The highest BCUT2D eigenvalue weighted by Gasteiger charge is 2.16. The van der Waals surface area contributed by atoms with Gasteiger partial charge in [0, 0.05) is 28.1 Å². The Morgan fingerprint density at radius 1 is 0.767 bits per heavy atom. The van der Waals surface area contributed by atoms with Gasteiger partial charge in [0.1, 0.15) is 5.58 Å². The SMILES string of the molecule is Cc1cccc(C)c1-c1ccc2c(n1)oc1c(-c3ccc(C(C)C)cn3)cccc12. The molecule has 0 fully saturated rings. The molecule has 0 spiro atoms. The molecular formula is C27H24N2O. The van der Waals surface area contributed by atoms with Crippen LogP contribution in [0.3, 0.4) is 0 Å². The quantitative estimate of drug-likeness (QED) is 0.320. The minimum Gasteiger partial charge on any atom is -0.437 e. The van der Waals surface area contributed by atoms with Gasteiger partial charge in [0.05, 0.1) is 11.4 Å². The highest BCUT2D eigenvalue weighted by Crippen LogP contribution is 2.36. The van der Waals surface area contributed by atoms with E-state index >= 15 is 0 Å². The number of furan rings is 1. The van der Waals surface area contributed by atoms with Crippen molar-refractivity contribution in [1.82, 2.24) is 9.97 Å². The molecule has 2 aromatic carbocycles. The summed E-state index contributed by atoms with van der Waals surface area (Å²) < 4.78 is 6.31. The Balaban J connectivity index is 1.69. The maximum Gasteiger partial charge on any atom is 0.227 e. The van der Waals surface area contributed by atoms with Crippen molar-refractivity contribution >= 4 is 22.1 Å².